The monoisotopic (exact) mass is 439 g/mol. The number of benzene rings is 2. The van der Waals surface area contributed by atoms with E-state index in [1.165, 1.54) is 4.68 Å². The Morgan fingerprint density at radius 1 is 1.16 bits per heavy atom. The van der Waals surface area contributed by atoms with Crippen LogP contribution in [0, 0.1) is 0 Å². The van der Waals surface area contributed by atoms with Crippen molar-refractivity contribution in [3.05, 3.63) is 95.1 Å². The van der Waals surface area contributed by atoms with Crippen LogP contribution in [-0.4, -0.2) is 25.8 Å². The summed E-state index contributed by atoms with van der Waals surface area (Å²) >= 11 is 0. The third-order valence-electron chi connectivity index (χ3n) is 5.21. The molecule has 3 aromatic rings. The van der Waals surface area contributed by atoms with Gasteiger partial charge < -0.3 is 5.11 Å². The fourth-order valence-corrected chi connectivity index (χ4v) is 3.54. The maximum Gasteiger partial charge on any atom is 0.335 e. The lowest BCUT2D eigenvalue weighted by molar-refractivity contribution is -0.0232. The molecule has 0 saturated heterocycles. The highest BCUT2D eigenvalue weighted by molar-refractivity contribution is 5.89. The molecule has 7 heteroatoms. The molecule has 1 heterocycles. The molecule has 0 radical (unpaired) electrons. The number of nitrogens with zero attached hydrogens (tertiary/aromatic N) is 3. The normalized spacial score (nSPS) is 11.5. The lowest BCUT2D eigenvalue weighted by Gasteiger charge is -2.10. The number of carboxylic acids is 1. The van der Waals surface area contributed by atoms with E-state index in [2.05, 4.69) is 16.7 Å². The highest BCUT2D eigenvalue weighted by atomic mass is 19.3. The van der Waals surface area contributed by atoms with Crippen molar-refractivity contribution in [1.29, 1.82) is 0 Å². The largest absolute Gasteiger partial charge is 0.478 e. The van der Waals surface area contributed by atoms with E-state index in [0.29, 0.717) is 38.1 Å². The van der Waals surface area contributed by atoms with Crippen LogP contribution in [0.5, 0.6) is 0 Å². The average Bonchev–Trinajstić information content (AvgIpc) is 3.17. The molecule has 0 aliphatic heterocycles. The van der Waals surface area contributed by atoms with Crippen LogP contribution in [0.3, 0.4) is 0 Å². The van der Waals surface area contributed by atoms with Crippen molar-refractivity contribution in [3.8, 4) is 0 Å². The van der Waals surface area contributed by atoms with Gasteiger partial charge in [0.05, 0.1) is 12.1 Å². The summed E-state index contributed by atoms with van der Waals surface area (Å²) in [4.78, 5) is 15.5. The van der Waals surface area contributed by atoms with E-state index in [1.54, 1.807) is 31.2 Å². The van der Waals surface area contributed by atoms with Crippen molar-refractivity contribution in [1.82, 2.24) is 14.8 Å². The van der Waals surface area contributed by atoms with E-state index in [9.17, 15) is 18.7 Å². The zero-order valence-corrected chi connectivity index (χ0v) is 18.1. The van der Waals surface area contributed by atoms with Crippen molar-refractivity contribution < 1.29 is 18.7 Å². The van der Waals surface area contributed by atoms with Crippen LogP contribution in [0.2, 0.25) is 0 Å². The second-order valence-electron chi connectivity index (χ2n) is 7.75. The number of alkyl halides is 2. The number of halogens is 2. The summed E-state index contributed by atoms with van der Waals surface area (Å²) < 4.78 is 30.3. The van der Waals surface area contributed by atoms with Gasteiger partial charge in [-0.2, -0.15) is 8.78 Å². The highest BCUT2D eigenvalue weighted by Crippen LogP contribution is 2.30. The number of rotatable bonds is 11. The number of aromatic nitrogens is 3. The molecule has 0 bridgehead atoms. The van der Waals surface area contributed by atoms with E-state index in [-0.39, 0.29) is 12.0 Å². The number of hydrogen-bond donors (Lipinski definition) is 1. The Kier molecular flexibility index (Phi) is 7.51. The smallest absolute Gasteiger partial charge is 0.335 e. The van der Waals surface area contributed by atoms with Gasteiger partial charge in [0.15, 0.2) is 0 Å². The summed E-state index contributed by atoms with van der Waals surface area (Å²) in [5, 5.41) is 13.5. The molecule has 32 heavy (non-hydrogen) atoms. The first-order valence-corrected chi connectivity index (χ1v) is 10.7. The van der Waals surface area contributed by atoms with E-state index in [0.717, 1.165) is 16.7 Å². The van der Waals surface area contributed by atoms with Crippen LogP contribution in [0.4, 0.5) is 8.78 Å². The van der Waals surface area contributed by atoms with Gasteiger partial charge in [-0.05, 0) is 42.0 Å². The molecule has 3 rings (SSSR count). The van der Waals surface area contributed by atoms with Gasteiger partial charge in [-0.3, -0.25) is 0 Å². The van der Waals surface area contributed by atoms with Gasteiger partial charge in [-0.15, -0.1) is 11.7 Å². The Balaban J connectivity index is 1.79. The molecule has 2 aromatic carbocycles. The number of carbonyl (C=O) groups is 1. The van der Waals surface area contributed by atoms with Crippen molar-refractivity contribution in [2.75, 3.05) is 0 Å². The Bertz CT molecular complexity index is 1080. The van der Waals surface area contributed by atoms with E-state index < -0.39 is 17.7 Å². The number of hydrogen-bond acceptors (Lipinski definition) is 3. The van der Waals surface area contributed by atoms with Crippen LogP contribution in [-0.2, 0) is 25.3 Å². The number of allylic oxidation sites excluding steroid dienone is 1. The molecule has 1 N–H and O–H groups in total. The molecular formula is C25H27F2N3O2. The summed E-state index contributed by atoms with van der Waals surface area (Å²) in [7, 11) is 0. The van der Waals surface area contributed by atoms with Crippen LogP contribution in [0.25, 0.3) is 0 Å². The maximum atomic E-state index is 14.4. The highest BCUT2D eigenvalue weighted by Gasteiger charge is 2.36. The molecule has 1 aromatic heterocycles. The van der Waals surface area contributed by atoms with Crippen molar-refractivity contribution in [2.24, 2.45) is 0 Å². The predicted octanol–water partition coefficient (Wildman–Crippen LogP) is 5.63. The van der Waals surface area contributed by atoms with Gasteiger partial charge in [-0.25, -0.2) is 14.5 Å². The Labute approximate surface area is 186 Å². The quantitative estimate of drug-likeness (QED) is 0.394. The number of carboxylic acid groups (broad SMARTS) is 1. The predicted molar refractivity (Wildman–Crippen MR) is 119 cm³/mol. The lowest BCUT2D eigenvalue weighted by Crippen LogP contribution is -2.15. The fourth-order valence-electron chi connectivity index (χ4n) is 3.54. The van der Waals surface area contributed by atoms with Gasteiger partial charge in [0, 0.05) is 12.8 Å². The summed E-state index contributed by atoms with van der Waals surface area (Å²) in [6.45, 7) is 5.73. The van der Waals surface area contributed by atoms with E-state index >= 15 is 0 Å². The van der Waals surface area contributed by atoms with Gasteiger partial charge in [0.1, 0.15) is 5.82 Å². The van der Waals surface area contributed by atoms with Crippen molar-refractivity contribution in [2.45, 2.75) is 51.5 Å². The average molecular weight is 440 g/mol. The first-order valence-electron chi connectivity index (χ1n) is 10.7. The first kappa shape index (κ1) is 23.3. The molecule has 0 aliphatic carbocycles. The van der Waals surface area contributed by atoms with Crippen LogP contribution in [0.15, 0.2) is 61.2 Å². The zero-order chi connectivity index (χ0) is 23.1. The van der Waals surface area contributed by atoms with Crippen LogP contribution in [0.1, 0.15) is 64.9 Å². The molecule has 0 aliphatic rings. The molecule has 168 valence electrons. The lowest BCUT2D eigenvalue weighted by atomic mass is 9.99. The summed E-state index contributed by atoms with van der Waals surface area (Å²) in [6.07, 6.45) is 3.39. The Morgan fingerprint density at radius 3 is 2.50 bits per heavy atom. The molecule has 0 saturated carbocycles. The Morgan fingerprint density at radius 2 is 1.84 bits per heavy atom. The second kappa shape index (κ2) is 10.3. The molecule has 0 unspecified atom stereocenters. The summed E-state index contributed by atoms with van der Waals surface area (Å²) in [5.41, 5.74) is 2.88. The van der Waals surface area contributed by atoms with E-state index in [1.807, 2.05) is 30.3 Å². The maximum absolute atomic E-state index is 14.4. The molecule has 0 spiro atoms. The molecular weight excluding hydrogens is 412 g/mol. The zero-order valence-electron chi connectivity index (χ0n) is 18.1. The molecule has 0 fully saturated rings. The van der Waals surface area contributed by atoms with E-state index in [4.69, 9.17) is 0 Å². The van der Waals surface area contributed by atoms with Crippen molar-refractivity contribution >= 4 is 5.97 Å². The number of aryl methyl sites for hydroxylation is 1. The second-order valence-corrected chi connectivity index (χ2v) is 7.75. The Hall–Kier alpha value is -3.35. The topological polar surface area (TPSA) is 68.0 Å². The van der Waals surface area contributed by atoms with Gasteiger partial charge in [0.25, 0.3) is 0 Å². The SMILES string of the molecule is C=CCCc1nc(C(F)(F)CCC)nn1Cc1ccc(Cc2ccccc2C(=O)O)cc1. The minimum Gasteiger partial charge on any atom is -0.478 e. The third kappa shape index (κ3) is 5.66. The van der Waals surface area contributed by atoms with Crippen molar-refractivity contribution in [3.63, 3.8) is 0 Å². The molecule has 0 amide bonds. The van der Waals surface area contributed by atoms with Crippen LogP contribution < -0.4 is 0 Å². The minimum absolute atomic E-state index is 0.284. The molecule has 0 atom stereocenters. The fraction of sp³-hybridized carbons (Fsp3) is 0.320. The standard InChI is InChI=1S/C25H27F2N3O2/c1-3-5-10-22-28-24(25(26,27)15-4-2)29-30(22)17-19-13-11-18(12-14-19)16-20-8-6-7-9-21(20)23(31)32/h3,6-9,11-14H,1,4-5,10,15-17H2,2H3,(H,31,32). The summed E-state index contributed by atoms with van der Waals surface area (Å²) in [6, 6.07) is 14.6. The minimum atomic E-state index is -3.05. The van der Waals surface area contributed by atoms with Gasteiger partial charge >= 0.3 is 11.9 Å². The summed E-state index contributed by atoms with van der Waals surface area (Å²) in [5.74, 6) is -3.92. The number of aromatic carboxylic acids is 1. The van der Waals surface area contributed by atoms with Crippen LogP contribution >= 0.6 is 0 Å². The molecule has 5 nitrogen and oxygen atoms in total. The van der Waals surface area contributed by atoms with Gasteiger partial charge in [0.2, 0.25) is 5.82 Å². The van der Waals surface area contributed by atoms with Gasteiger partial charge in [-0.1, -0.05) is 55.5 Å². The first-order chi connectivity index (χ1) is 15.3. The third-order valence-corrected chi connectivity index (χ3v) is 5.21.